The summed E-state index contributed by atoms with van der Waals surface area (Å²) in [6.07, 6.45) is 0. The van der Waals surface area contributed by atoms with Gasteiger partial charge >= 0.3 is 0 Å². The van der Waals surface area contributed by atoms with Crippen molar-refractivity contribution >= 4 is 31.4 Å². The lowest BCUT2D eigenvalue weighted by Crippen LogP contribution is -2.65. The van der Waals surface area contributed by atoms with Gasteiger partial charge in [0.15, 0.2) is 0 Å². The van der Waals surface area contributed by atoms with Gasteiger partial charge in [0.1, 0.15) is 29.3 Å². The Morgan fingerprint density at radius 2 is 1.62 bits per heavy atom. The Labute approximate surface area is 158 Å². The lowest BCUT2D eigenvalue weighted by Gasteiger charge is -2.43. The molecule has 1 fully saturated rings. The number of hydrogen-bond donors (Lipinski definition) is 5. The van der Waals surface area contributed by atoms with E-state index in [1.54, 1.807) is 38.1 Å². The zero-order valence-corrected chi connectivity index (χ0v) is 14.8. The molecule has 1 aliphatic carbocycles. The lowest BCUT2D eigenvalue weighted by molar-refractivity contribution is -0.101. The molecule has 10 heteroatoms. The van der Waals surface area contributed by atoms with Crippen molar-refractivity contribution in [3.63, 3.8) is 0 Å². The minimum atomic E-state index is -2.73. The molecule has 6 atom stereocenters. The molecule has 0 amide bonds. The zero-order valence-electron chi connectivity index (χ0n) is 14.8. The molecule has 6 nitrogen and oxygen atoms in total. The standard InChI is InChI=1S/C16H21B4NO5/c1-13(2,22)12(21)8-3-5-9(6-4-8)26-7-10-11(17)15(19,24)16(20,25)14(10,18)23/h3-6,10-12,22-25H,7,21H2,1-2H3. The fourth-order valence-corrected chi connectivity index (χ4v) is 3.03. The van der Waals surface area contributed by atoms with E-state index in [9.17, 15) is 20.4 Å². The summed E-state index contributed by atoms with van der Waals surface area (Å²) in [7, 11) is 22.5. The van der Waals surface area contributed by atoms with Crippen molar-refractivity contribution in [3.05, 3.63) is 29.8 Å². The average Bonchev–Trinajstić information content (AvgIpc) is 2.61. The highest BCUT2D eigenvalue weighted by molar-refractivity contribution is 6.36. The Kier molecular flexibility index (Phi) is 5.43. The molecule has 0 spiro atoms. The molecule has 1 saturated carbocycles. The molecule has 8 radical (unpaired) electrons. The number of benzene rings is 1. The van der Waals surface area contributed by atoms with Crippen LogP contribution in [0.15, 0.2) is 24.3 Å². The molecule has 0 aromatic heterocycles. The van der Waals surface area contributed by atoms with E-state index in [1.807, 2.05) is 0 Å². The third-order valence-corrected chi connectivity index (χ3v) is 5.16. The summed E-state index contributed by atoms with van der Waals surface area (Å²) < 4.78 is 5.55. The van der Waals surface area contributed by atoms with E-state index in [4.69, 9.17) is 41.9 Å². The summed E-state index contributed by atoms with van der Waals surface area (Å²) in [6.45, 7) is 2.95. The summed E-state index contributed by atoms with van der Waals surface area (Å²) >= 11 is 0. The molecule has 132 valence electrons. The van der Waals surface area contributed by atoms with Gasteiger partial charge in [-0.15, -0.1) is 0 Å². The normalized spacial score (nSPS) is 38.9. The Bertz CT molecular complexity index is 645. The van der Waals surface area contributed by atoms with Crippen LogP contribution in [0.25, 0.3) is 0 Å². The summed E-state index contributed by atoms with van der Waals surface area (Å²) in [5.74, 6) is -2.09. The first-order chi connectivity index (χ1) is 11.6. The van der Waals surface area contributed by atoms with E-state index in [-0.39, 0.29) is 6.61 Å². The number of rotatable bonds is 5. The fourth-order valence-electron chi connectivity index (χ4n) is 3.03. The highest BCUT2D eigenvalue weighted by Gasteiger charge is 2.66. The number of aliphatic hydroxyl groups is 4. The molecule has 1 aromatic rings. The first kappa shape index (κ1) is 21.4. The molecule has 0 heterocycles. The molecule has 0 saturated heterocycles. The van der Waals surface area contributed by atoms with Crippen LogP contribution in [0.1, 0.15) is 25.5 Å². The van der Waals surface area contributed by atoms with Crippen molar-refractivity contribution in [2.75, 3.05) is 6.61 Å². The molecule has 26 heavy (non-hydrogen) atoms. The van der Waals surface area contributed by atoms with E-state index in [0.29, 0.717) is 11.3 Å². The van der Waals surface area contributed by atoms with Crippen molar-refractivity contribution in [2.45, 2.75) is 47.8 Å². The van der Waals surface area contributed by atoms with E-state index >= 15 is 0 Å². The predicted molar refractivity (Wildman–Crippen MR) is 100 cm³/mol. The van der Waals surface area contributed by atoms with Gasteiger partial charge in [0.25, 0.3) is 0 Å². The van der Waals surface area contributed by atoms with Gasteiger partial charge in [0.2, 0.25) is 0 Å². The molecular formula is C16H21B4NO5. The molecule has 0 aliphatic heterocycles. The van der Waals surface area contributed by atoms with Crippen molar-refractivity contribution < 1.29 is 25.2 Å². The van der Waals surface area contributed by atoms with Crippen molar-refractivity contribution in [1.29, 1.82) is 0 Å². The predicted octanol–water partition coefficient (Wildman–Crippen LogP) is -2.01. The minimum Gasteiger partial charge on any atom is -0.493 e. The molecule has 6 N–H and O–H groups in total. The fraction of sp³-hybridized carbons (Fsp3) is 0.625. The Morgan fingerprint density at radius 1 is 1.12 bits per heavy atom. The monoisotopic (exact) mass is 351 g/mol. The van der Waals surface area contributed by atoms with Crippen LogP contribution < -0.4 is 10.5 Å². The molecule has 6 unspecified atom stereocenters. The number of ether oxygens (including phenoxy) is 1. The third-order valence-electron chi connectivity index (χ3n) is 5.16. The first-order valence-electron chi connectivity index (χ1n) is 8.14. The van der Waals surface area contributed by atoms with E-state index in [0.717, 1.165) is 0 Å². The Morgan fingerprint density at radius 3 is 2.00 bits per heavy atom. The SMILES string of the molecule is [B]C1C(COc2ccc(C(N)C(C)(C)O)cc2)C([B])(O)C([B])(O)C1([B])O. The number of hydrogen-bond acceptors (Lipinski definition) is 6. The maximum atomic E-state index is 10.3. The quantitative estimate of drug-likeness (QED) is 0.392. The third kappa shape index (κ3) is 3.34. The van der Waals surface area contributed by atoms with Crippen LogP contribution >= 0.6 is 0 Å². The van der Waals surface area contributed by atoms with Crippen molar-refractivity contribution in [2.24, 2.45) is 11.7 Å². The summed E-state index contributed by atoms with van der Waals surface area (Å²) in [5.41, 5.74) is -2.13. The second kappa shape index (κ2) is 6.60. The summed E-state index contributed by atoms with van der Waals surface area (Å²) in [5, 5.41) is 40.5. The van der Waals surface area contributed by atoms with Gasteiger partial charge in [-0.1, -0.05) is 12.1 Å². The van der Waals surface area contributed by atoms with Crippen LogP contribution in [0.2, 0.25) is 5.82 Å². The van der Waals surface area contributed by atoms with Crippen LogP contribution in [0.4, 0.5) is 0 Å². The average molecular weight is 351 g/mol. The molecule has 1 aliphatic rings. The topological polar surface area (TPSA) is 116 Å². The second-order valence-corrected chi connectivity index (χ2v) is 7.56. The Hall–Kier alpha value is -0.920. The van der Waals surface area contributed by atoms with Gasteiger partial charge < -0.3 is 30.9 Å². The van der Waals surface area contributed by atoms with Crippen molar-refractivity contribution in [1.82, 2.24) is 0 Å². The number of nitrogens with two attached hydrogens (primary N) is 1. The van der Waals surface area contributed by atoms with Gasteiger partial charge in [0.05, 0.1) is 37.1 Å². The van der Waals surface area contributed by atoms with Crippen LogP contribution in [0.3, 0.4) is 0 Å². The van der Waals surface area contributed by atoms with Crippen molar-refractivity contribution in [3.8, 4) is 5.75 Å². The molecular weight excluding hydrogens is 329 g/mol. The smallest absolute Gasteiger partial charge is 0.119 e. The summed E-state index contributed by atoms with van der Waals surface area (Å²) in [4.78, 5) is 0. The van der Waals surface area contributed by atoms with Crippen LogP contribution in [0.5, 0.6) is 5.75 Å². The summed E-state index contributed by atoms with van der Waals surface area (Å²) in [6, 6.07) is 5.99. The molecule has 0 bridgehead atoms. The molecule has 2 rings (SSSR count). The van der Waals surface area contributed by atoms with Crippen LogP contribution in [-0.4, -0.2) is 80.5 Å². The van der Waals surface area contributed by atoms with Gasteiger partial charge in [-0.05, 0) is 37.4 Å². The van der Waals surface area contributed by atoms with Gasteiger partial charge in [-0.25, -0.2) is 0 Å². The highest BCUT2D eigenvalue weighted by Crippen LogP contribution is 2.51. The highest BCUT2D eigenvalue weighted by atomic mass is 16.5. The molecule has 1 aromatic carbocycles. The lowest BCUT2D eigenvalue weighted by atomic mass is 9.50. The van der Waals surface area contributed by atoms with E-state index < -0.39 is 39.9 Å². The zero-order chi connectivity index (χ0) is 20.1. The van der Waals surface area contributed by atoms with Crippen LogP contribution in [-0.2, 0) is 0 Å². The Balaban J connectivity index is 2.12. The maximum Gasteiger partial charge on any atom is 0.119 e. The van der Waals surface area contributed by atoms with Gasteiger partial charge in [0, 0.05) is 11.4 Å². The van der Waals surface area contributed by atoms with Gasteiger partial charge in [-0.2, -0.15) is 0 Å². The van der Waals surface area contributed by atoms with Crippen LogP contribution in [0, 0.1) is 5.92 Å². The minimum absolute atomic E-state index is 0.260. The van der Waals surface area contributed by atoms with E-state index in [1.165, 1.54) is 0 Å². The first-order valence-corrected chi connectivity index (χ1v) is 8.14. The maximum absolute atomic E-state index is 10.3. The van der Waals surface area contributed by atoms with E-state index in [2.05, 4.69) is 0 Å². The second-order valence-electron chi connectivity index (χ2n) is 7.56. The largest absolute Gasteiger partial charge is 0.493 e. The van der Waals surface area contributed by atoms with Gasteiger partial charge in [-0.3, -0.25) is 0 Å².